The maximum atomic E-state index is 13.5. The number of carboxylic acid groups (broad SMARTS) is 1. The number of para-hydroxylation sites is 1. The molecule has 170 valence electrons. The second-order valence-electron chi connectivity index (χ2n) is 7.58. The highest BCUT2D eigenvalue weighted by atomic mass is 32.2. The number of aromatic nitrogens is 1. The first kappa shape index (κ1) is 20.1. The van der Waals surface area contributed by atoms with Gasteiger partial charge in [0.1, 0.15) is 12.4 Å². The number of fused-ring (bicyclic) bond motifs is 1. The summed E-state index contributed by atoms with van der Waals surface area (Å²) in [5.74, 6) is -1.54. The van der Waals surface area contributed by atoms with E-state index < -0.39 is 21.8 Å². The molecule has 8 heteroatoms. The van der Waals surface area contributed by atoms with Crippen LogP contribution in [0, 0.1) is 5.82 Å². The summed E-state index contributed by atoms with van der Waals surface area (Å²) in [6.07, 6.45) is 2.01. The number of hydrogen-bond donors (Lipinski definition) is 1. The van der Waals surface area contributed by atoms with Crippen LogP contribution in [0.2, 0.25) is 0 Å². The number of sulfonamides is 1. The molecule has 0 amide bonds. The summed E-state index contributed by atoms with van der Waals surface area (Å²) in [5.41, 5.74) is 2.01. The van der Waals surface area contributed by atoms with Crippen molar-refractivity contribution in [3.8, 4) is 0 Å². The first-order valence-electron chi connectivity index (χ1n) is 11.2. The van der Waals surface area contributed by atoms with Gasteiger partial charge in [0.25, 0.3) is 0 Å². The molecule has 1 N–H and O–H groups in total. The Labute approximate surface area is 194 Å². The van der Waals surface area contributed by atoms with Crippen LogP contribution in [0.3, 0.4) is 0 Å². The molecule has 0 aliphatic rings. The molecule has 0 unspecified atom stereocenters. The summed E-state index contributed by atoms with van der Waals surface area (Å²) in [7, 11) is -4.03. The molecule has 33 heavy (non-hydrogen) atoms. The Hall–Kier alpha value is -3.49. The smallest absolute Gasteiger partial charge is 0.323 e. The molecule has 0 atom stereocenters. The van der Waals surface area contributed by atoms with Gasteiger partial charge in [-0.25, -0.2) is 12.8 Å². The predicted molar refractivity (Wildman–Crippen MR) is 124 cm³/mol. The van der Waals surface area contributed by atoms with E-state index in [1.807, 2.05) is 24.3 Å². The minimum absolute atomic E-state index is 0.0519. The third-order valence-corrected chi connectivity index (χ3v) is 7.18. The number of hydrogen-bond acceptors (Lipinski definition) is 3. The van der Waals surface area contributed by atoms with Gasteiger partial charge < -0.3 is 9.67 Å². The van der Waals surface area contributed by atoms with Crippen molar-refractivity contribution in [2.24, 2.45) is 0 Å². The molecule has 0 saturated heterocycles. The van der Waals surface area contributed by atoms with Gasteiger partial charge in [-0.05, 0) is 47.9 Å². The largest absolute Gasteiger partial charge is 0.480 e. The molecule has 0 saturated carbocycles. The van der Waals surface area contributed by atoms with Gasteiger partial charge >= 0.3 is 5.97 Å². The first-order valence-corrected chi connectivity index (χ1v) is 11.7. The zero-order valence-electron chi connectivity index (χ0n) is 19.6. The fraction of sp³-hybridized carbons (Fsp3) is 0.160. The van der Waals surface area contributed by atoms with Gasteiger partial charge in [0, 0.05) is 30.2 Å². The highest BCUT2D eigenvalue weighted by molar-refractivity contribution is 7.89. The third-order valence-electron chi connectivity index (χ3n) is 5.32. The van der Waals surface area contributed by atoms with E-state index in [1.165, 1.54) is 34.6 Å². The van der Waals surface area contributed by atoms with Gasteiger partial charge in [-0.1, -0.05) is 48.5 Å². The maximum absolute atomic E-state index is 13.5. The lowest BCUT2D eigenvalue weighted by atomic mass is 10.1. The van der Waals surface area contributed by atoms with E-state index >= 15 is 0 Å². The number of carboxylic acids is 1. The highest BCUT2D eigenvalue weighted by Gasteiger charge is 2.25. The average molecular weight is 471 g/mol. The lowest BCUT2D eigenvalue weighted by Crippen LogP contribution is -2.32. The quantitative estimate of drug-likeness (QED) is 0.396. The molecule has 4 rings (SSSR count). The molecule has 1 heterocycles. The van der Waals surface area contributed by atoms with Crippen LogP contribution in [0.1, 0.15) is 13.9 Å². The van der Waals surface area contributed by atoms with Gasteiger partial charge in [0.2, 0.25) is 10.0 Å². The Kier molecular flexibility index (Phi) is 5.83. The SMILES string of the molecule is [3H]c1cc([3H])cc(CN(CCc2cn(CC(=O)O)c3ccccc23)S(=O)(=O)c2ccc(F)cc2)c1. The predicted octanol–water partition coefficient (Wildman–Crippen LogP) is 4.30. The van der Waals surface area contributed by atoms with E-state index in [-0.39, 0.29) is 36.6 Å². The minimum atomic E-state index is -4.03. The summed E-state index contributed by atoms with van der Waals surface area (Å²) < 4.78 is 59.0. The van der Waals surface area contributed by atoms with Crippen molar-refractivity contribution in [1.29, 1.82) is 0 Å². The third kappa shape index (κ3) is 5.13. The van der Waals surface area contributed by atoms with Crippen molar-refractivity contribution in [1.82, 2.24) is 8.87 Å². The summed E-state index contributed by atoms with van der Waals surface area (Å²) in [5, 5.41) is 10.1. The minimum Gasteiger partial charge on any atom is -0.480 e. The van der Waals surface area contributed by atoms with Crippen LogP contribution >= 0.6 is 0 Å². The molecule has 3 aromatic carbocycles. The second-order valence-corrected chi connectivity index (χ2v) is 9.51. The lowest BCUT2D eigenvalue weighted by molar-refractivity contribution is -0.137. The van der Waals surface area contributed by atoms with Crippen molar-refractivity contribution in [3.05, 3.63) is 102 Å². The Morgan fingerprint density at radius 1 is 1.03 bits per heavy atom. The zero-order valence-corrected chi connectivity index (χ0v) is 18.4. The van der Waals surface area contributed by atoms with Crippen molar-refractivity contribution < 1.29 is 25.5 Å². The fourth-order valence-corrected chi connectivity index (χ4v) is 5.19. The first-order chi connectivity index (χ1) is 16.6. The van der Waals surface area contributed by atoms with Gasteiger partial charge in [-0.3, -0.25) is 4.79 Å². The van der Waals surface area contributed by atoms with Gasteiger partial charge in [0.15, 0.2) is 0 Å². The average Bonchev–Trinajstić information content (AvgIpc) is 3.13. The van der Waals surface area contributed by atoms with Crippen molar-refractivity contribution in [2.75, 3.05) is 6.54 Å². The van der Waals surface area contributed by atoms with Crippen LogP contribution in [0.15, 0.2) is 89.9 Å². The summed E-state index contributed by atoms with van der Waals surface area (Å²) in [6.45, 7) is -0.247. The Bertz CT molecular complexity index is 1470. The van der Waals surface area contributed by atoms with E-state index in [9.17, 15) is 22.7 Å². The van der Waals surface area contributed by atoms with Crippen LogP contribution in [-0.4, -0.2) is 34.9 Å². The zero-order chi connectivity index (χ0) is 25.2. The van der Waals surface area contributed by atoms with E-state index in [0.29, 0.717) is 12.0 Å². The molecule has 0 spiro atoms. The number of nitrogens with zero attached hydrogens (tertiary/aromatic N) is 2. The number of rotatable bonds is 9. The standard InChI is InChI=1S/C25H23FN2O4S/c26-21-10-12-22(13-11-21)33(31,32)28(16-19-6-2-1-3-7-19)15-14-20-17-27(18-25(29)30)24-9-5-4-8-23(20)24/h1-13,17H,14-16,18H2,(H,29,30)/i2T,3T. The van der Waals surface area contributed by atoms with Gasteiger partial charge in [-0.15, -0.1) is 0 Å². The van der Waals surface area contributed by atoms with Crippen LogP contribution in [0.4, 0.5) is 4.39 Å². The molecule has 0 bridgehead atoms. The Balaban J connectivity index is 1.69. The monoisotopic (exact) mass is 470 g/mol. The van der Waals surface area contributed by atoms with Crippen molar-refractivity contribution in [3.63, 3.8) is 0 Å². The van der Waals surface area contributed by atoms with Crippen LogP contribution in [0.25, 0.3) is 10.9 Å². The van der Waals surface area contributed by atoms with Crippen LogP contribution in [0.5, 0.6) is 0 Å². The van der Waals surface area contributed by atoms with Gasteiger partial charge in [-0.2, -0.15) is 4.31 Å². The van der Waals surface area contributed by atoms with E-state index in [2.05, 4.69) is 0 Å². The van der Waals surface area contributed by atoms with E-state index in [0.717, 1.165) is 28.6 Å². The molecule has 0 radical (unpaired) electrons. The molecule has 0 aliphatic heterocycles. The summed E-state index contributed by atoms with van der Waals surface area (Å²) in [6, 6.07) is 16.4. The van der Waals surface area contributed by atoms with Crippen LogP contribution < -0.4 is 0 Å². The number of benzene rings is 3. The Morgan fingerprint density at radius 2 is 1.73 bits per heavy atom. The molecule has 0 fully saturated rings. The molecule has 6 nitrogen and oxygen atoms in total. The summed E-state index contributed by atoms with van der Waals surface area (Å²) in [4.78, 5) is 11.2. The van der Waals surface area contributed by atoms with E-state index in [4.69, 9.17) is 2.74 Å². The molecular weight excluding hydrogens is 443 g/mol. The second kappa shape index (κ2) is 9.56. The van der Waals surface area contributed by atoms with Crippen molar-refractivity contribution >= 4 is 26.9 Å². The maximum Gasteiger partial charge on any atom is 0.323 e. The number of carbonyl (C=O) groups is 1. The molecule has 4 aromatic rings. The number of aliphatic carboxylic acids is 1. The molecular formula is C25H23FN2O4S. The molecule has 0 aliphatic carbocycles. The van der Waals surface area contributed by atoms with Gasteiger partial charge in [0.05, 0.1) is 7.64 Å². The van der Waals surface area contributed by atoms with Crippen molar-refractivity contribution in [2.45, 2.75) is 24.4 Å². The Morgan fingerprint density at radius 3 is 2.42 bits per heavy atom. The molecule has 1 aromatic heterocycles. The van der Waals surface area contributed by atoms with E-state index in [1.54, 1.807) is 10.8 Å². The highest BCUT2D eigenvalue weighted by Crippen LogP contribution is 2.24. The lowest BCUT2D eigenvalue weighted by Gasteiger charge is -2.22. The normalized spacial score (nSPS) is 12.7. The fourth-order valence-electron chi connectivity index (χ4n) is 3.77. The topological polar surface area (TPSA) is 79.6 Å². The number of halogens is 1. The van der Waals surface area contributed by atoms with Crippen LogP contribution in [-0.2, 0) is 34.3 Å². The summed E-state index contributed by atoms with van der Waals surface area (Å²) >= 11 is 0.